The minimum atomic E-state index is -0.506. The number of halogens is 3. The summed E-state index contributed by atoms with van der Waals surface area (Å²) in [5.74, 6) is 0.701. The number of nitrogens with one attached hydrogen (secondary N) is 2. The molecule has 0 saturated carbocycles. The summed E-state index contributed by atoms with van der Waals surface area (Å²) in [5, 5.41) is 5.41. The van der Waals surface area contributed by atoms with E-state index in [-0.39, 0.29) is 18.3 Å². The fourth-order valence-corrected chi connectivity index (χ4v) is 4.69. The minimum Gasteiger partial charge on any atom is -0.491 e. The first-order chi connectivity index (χ1) is 19.6. The lowest BCUT2D eigenvalue weighted by molar-refractivity contribution is -0.116. The summed E-state index contributed by atoms with van der Waals surface area (Å²) in [6.45, 7) is 1.98. The summed E-state index contributed by atoms with van der Waals surface area (Å²) in [7, 11) is 1.63. The van der Waals surface area contributed by atoms with E-state index in [0.717, 1.165) is 21.9 Å². The monoisotopic (exact) mass is 616 g/mol. The number of nitrogens with zero attached hydrogens (tertiary/aromatic N) is 2. The van der Waals surface area contributed by atoms with Gasteiger partial charge in [0.25, 0.3) is 0 Å². The molecule has 1 unspecified atom stereocenters. The lowest BCUT2D eigenvalue weighted by Crippen LogP contribution is -2.15. The van der Waals surface area contributed by atoms with E-state index in [0.29, 0.717) is 59.8 Å². The van der Waals surface area contributed by atoms with Crippen LogP contribution in [-0.4, -0.2) is 54.4 Å². The average Bonchev–Trinajstić information content (AvgIpc) is 3.57. The van der Waals surface area contributed by atoms with Gasteiger partial charge >= 0.3 is 0 Å². The SMILES string of the molecule is COCCOCCOc1ccc2c(C3C(=O)Nc4cc(Cl)ccc43)ncnc2c1.Cl.ClOc1ccc2cc[nH]c2c1. The van der Waals surface area contributed by atoms with Crippen LogP contribution in [0.2, 0.25) is 5.02 Å². The molecule has 3 heterocycles. The zero-order valence-corrected chi connectivity index (χ0v) is 24.3. The summed E-state index contributed by atoms with van der Waals surface area (Å²) in [5.41, 5.74) is 3.97. The number of carbonyl (C=O) groups is 1. The van der Waals surface area contributed by atoms with Gasteiger partial charge < -0.3 is 28.8 Å². The van der Waals surface area contributed by atoms with Crippen molar-refractivity contribution in [1.29, 1.82) is 0 Å². The van der Waals surface area contributed by atoms with Crippen LogP contribution in [0, 0.1) is 0 Å². The number of benzene rings is 3. The van der Waals surface area contributed by atoms with Crippen LogP contribution in [0.5, 0.6) is 11.5 Å². The minimum absolute atomic E-state index is 0. The van der Waals surface area contributed by atoms with Crippen molar-refractivity contribution in [2.75, 3.05) is 38.9 Å². The smallest absolute Gasteiger partial charge is 0.238 e. The number of H-pyrrole nitrogens is 1. The summed E-state index contributed by atoms with van der Waals surface area (Å²) in [4.78, 5) is 24.5. The van der Waals surface area contributed by atoms with Crippen molar-refractivity contribution in [3.63, 3.8) is 0 Å². The number of methoxy groups -OCH3 is 1. The number of hydrogen-bond acceptors (Lipinski definition) is 7. The van der Waals surface area contributed by atoms with Crippen LogP contribution in [0.3, 0.4) is 0 Å². The van der Waals surface area contributed by atoms with Crippen LogP contribution in [0.1, 0.15) is 17.2 Å². The summed E-state index contributed by atoms with van der Waals surface area (Å²) >= 11 is 11.2. The predicted molar refractivity (Wildman–Crippen MR) is 162 cm³/mol. The van der Waals surface area contributed by atoms with Crippen LogP contribution >= 0.6 is 35.9 Å². The molecule has 1 amide bonds. The molecule has 0 radical (unpaired) electrons. The van der Waals surface area contributed by atoms with Gasteiger partial charge in [-0.3, -0.25) is 4.79 Å². The molecule has 1 aliphatic heterocycles. The van der Waals surface area contributed by atoms with Gasteiger partial charge in [-0.2, -0.15) is 0 Å². The number of hydrogen-bond donors (Lipinski definition) is 2. The fourth-order valence-electron chi connectivity index (χ4n) is 4.42. The Balaban J connectivity index is 0.000000270. The van der Waals surface area contributed by atoms with Gasteiger partial charge in [-0.05, 0) is 53.4 Å². The van der Waals surface area contributed by atoms with Gasteiger partial charge in [0.1, 0.15) is 42.2 Å². The summed E-state index contributed by atoms with van der Waals surface area (Å²) < 4.78 is 20.6. The van der Waals surface area contributed by atoms with Crippen molar-refractivity contribution in [3.05, 3.63) is 89.5 Å². The molecule has 1 atom stereocenters. The van der Waals surface area contributed by atoms with E-state index < -0.39 is 5.92 Å². The highest BCUT2D eigenvalue weighted by Crippen LogP contribution is 2.40. The Kier molecular flexibility index (Phi) is 10.6. The highest BCUT2D eigenvalue weighted by molar-refractivity contribution is 6.31. The third kappa shape index (κ3) is 7.19. The predicted octanol–water partition coefficient (Wildman–Crippen LogP) is 6.53. The Hall–Kier alpha value is -3.60. The molecule has 0 bridgehead atoms. The number of rotatable bonds is 9. The molecule has 2 N–H and O–H groups in total. The Morgan fingerprint density at radius 3 is 2.59 bits per heavy atom. The molecule has 0 fully saturated rings. The fraction of sp³-hybridized carbons (Fsp3) is 0.207. The van der Waals surface area contributed by atoms with Gasteiger partial charge in [-0.25, -0.2) is 9.97 Å². The quantitative estimate of drug-likeness (QED) is 0.181. The second-order valence-electron chi connectivity index (χ2n) is 8.85. The van der Waals surface area contributed by atoms with E-state index in [9.17, 15) is 4.79 Å². The number of fused-ring (bicyclic) bond motifs is 3. The van der Waals surface area contributed by atoms with Crippen molar-refractivity contribution in [2.45, 2.75) is 5.92 Å². The molecular formula is C29H27Cl3N4O5. The molecule has 214 valence electrons. The molecular weight excluding hydrogens is 591 g/mol. The van der Waals surface area contributed by atoms with E-state index in [1.54, 1.807) is 19.2 Å². The van der Waals surface area contributed by atoms with Crippen LogP contribution in [0.4, 0.5) is 5.69 Å². The third-order valence-corrected chi connectivity index (χ3v) is 6.72. The first-order valence-corrected chi connectivity index (χ1v) is 13.2. The second-order valence-corrected chi connectivity index (χ2v) is 9.44. The maximum Gasteiger partial charge on any atom is 0.238 e. The van der Waals surface area contributed by atoms with Gasteiger partial charge in [-0.1, -0.05) is 17.7 Å². The molecule has 0 aliphatic carbocycles. The Morgan fingerprint density at radius 2 is 1.76 bits per heavy atom. The number of amides is 1. The van der Waals surface area contributed by atoms with E-state index in [1.165, 1.54) is 6.33 Å². The zero-order valence-electron chi connectivity index (χ0n) is 21.9. The van der Waals surface area contributed by atoms with Gasteiger partial charge in [0.05, 0.1) is 31.0 Å². The molecule has 0 spiro atoms. The van der Waals surface area contributed by atoms with Crippen molar-refractivity contribution in [2.24, 2.45) is 0 Å². The third-order valence-electron chi connectivity index (χ3n) is 6.30. The average molecular weight is 618 g/mol. The van der Waals surface area contributed by atoms with Crippen LogP contribution in [0.15, 0.2) is 73.2 Å². The molecule has 2 aromatic heterocycles. The lowest BCUT2D eigenvalue weighted by atomic mass is 9.94. The number of anilines is 1. The number of aromatic amines is 1. The highest BCUT2D eigenvalue weighted by atomic mass is 35.5. The Labute approximate surface area is 252 Å². The van der Waals surface area contributed by atoms with Gasteiger partial charge in [0.2, 0.25) is 5.91 Å². The molecule has 5 aromatic rings. The van der Waals surface area contributed by atoms with Crippen molar-refractivity contribution in [3.8, 4) is 11.5 Å². The zero-order chi connectivity index (χ0) is 27.9. The normalized spacial score (nSPS) is 13.6. The highest BCUT2D eigenvalue weighted by Gasteiger charge is 2.34. The molecule has 0 saturated heterocycles. The van der Waals surface area contributed by atoms with Crippen LogP contribution in [0.25, 0.3) is 21.8 Å². The number of carbonyl (C=O) groups excluding carboxylic acids is 1. The van der Waals surface area contributed by atoms with E-state index in [1.807, 2.05) is 54.7 Å². The molecule has 9 nitrogen and oxygen atoms in total. The van der Waals surface area contributed by atoms with E-state index in [2.05, 4.69) is 24.6 Å². The standard InChI is InChI=1S/C21H20ClN3O4.C8H6ClNO.ClH/c1-27-6-7-28-8-9-29-14-3-5-16-17(11-14)23-12-24-20(16)19-15-4-2-13(22)10-18(15)25-21(19)26;9-11-7-2-1-6-3-4-10-8(6)5-7;/h2-5,10-12,19H,6-9H2,1H3,(H,25,26);1-5,10H;1H. The maximum absolute atomic E-state index is 12.6. The van der Waals surface area contributed by atoms with Crippen molar-refractivity contribution in [1.82, 2.24) is 15.0 Å². The van der Waals surface area contributed by atoms with Crippen LogP contribution < -0.4 is 14.3 Å². The van der Waals surface area contributed by atoms with Crippen molar-refractivity contribution >= 4 is 69.3 Å². The number of ether oxygens (including phenoxy) is 3. The van der Waals surface area contributed by atoms with E-state index >= 15 is 0 Å². The molecule has 12 heteroatoms. The lowest BCUT2D eigenvalue weighted by Gasteiger charge is -2.12. The second kappa shape index (κ2) is 14.3. The van der Waals surface area contributed by atoms with Crippen LogP contribution in [-0.2, 0) is 14.3 Å². The topological polar surface area (TPSA) is 108 Å². The molecule has 3 aromatic carbocycles. The Morgan fingerprint density at radius 1 is 0.927 bits per heavy atom. The Bertz CT molecular complexity index is 1630. The summed E-state index contributed by atoms with van der Waals surface area (Å²) in [6.07, 6.45) is 3.35. The van der Waals surface area contributed by atoms with Crippen molar-refractivity contribution < 1.29 is 23.3 Å². The van der Waals surface area contributed by atoms with Gasteiger partial charge in [-0.15, -0.1) is 12.4 Å². The first kappa shape index (κ1) is 30.4. The van der Waals surface area contributed by atoms with E-state index in [4.69, 9.17) is 37.7 Å². The largest absolute Gasteiger partial charge is 0.491 e. The van der Waals surface area contributed by atoms with Gasteiger partial charge in [0.15, 0.2) is 0 Å². The van der Waals surface area contributed by atoms with Gasteiger partial charge in [0, 0.05) is 47.1 Å². The number of aromatic nitrogens is 3. The summed E-state index contributed by atoms with van der Waals surface area (Å²) in [6, 6.07) is 18.6. The maximum atomic E-state index is 12.6. The molecule has 1 aliphatic rings. The molecule has 41 heavy (non-hydrogen) atoms. The first-order valence-electron chi connectivity index (χ1n) is 12.5. The molecule has 6 rings (SSSR count).